The van der Waals surface area contributed by atoms with Gasteiger partial charge in [0, 0.05) is 0 Å². The van der Waals surface area contributed by atoms with Crippen LogP contribution in [-0.2, 0) is 26.5 Å². The molecule has 0 fully saturated rings. The second-order valence-electron chi connectivity index (χ2n) is 7.10. The number of hydrogen-bond donors (Lipinski definition) is 0. The van der Waals surface area contributed by atoms with Crippen LogP contribution in [-0.4, -0.2) is 33.8 Å². The summed E-state index contributed by atoms with van der Waals surface area (Å²) >= 11 is 0. The predicted molar refractivity (Wildman–Crippen MR) is 110 cm³/mol. The van der Waals surface area contributed by atoms with Gasteiger partial charge in [-0.15, -0.1) is 12.1 Å². The number of nitrogens with zero attached hydrogens (tertiary/aromatic N) is 4. The van der Waals surface area contributed by atoms with Crippen molar-refractivity contribution in [3.05, 3.63) is 84.4 Å². The van der Waals surface area contributed by atoms with Gasteiger partial charge in [-0.3, -0.25) is 9.36 Å². The average Bonchev–Trinajstić information content (AvgIpc) is 3.40. The van der Waals surface area contributed by atoms with Crippen molar-refractivity contribution in [2.45, 2.75) is 19.3 Å². The van der Waals surface area contributed by atoms with Crippen LogP contribution in [0.25, 0.3) is 11.4 Å². The smallest absolute Gasteiger partial charge is 0.493 e. The quantitative estimate of drug-likeness (QED) is 0.323. The Balaban J connectivity index is 0.00000256. The Morgan fingerprint density at radius 3 is 1.53 bits per heavy atom. The molecule has 30 heavy (non-hydrogen) atoms. The van der Waals surface area contributed by atoms with Gasteiger partial charge in [-0.1, -0.05) is 0 Å². The fourth-order valence-electron chi connectivity index (χ4n) is 3.29. The Hall–Kier alpha value is -2.85. The zero-order valence-corrected chi connectivity index (χ0v) is 19.5. The third-order valence-corrected chi connectivity index (χ3v) is 4.86. The number of para-hydroxylation sites is 2. The third kappa shape index (κ3) is 3.92. The first kappa shape index (κ1) is 21.8. The summed E-state index contributed by atoms with van der Waals surface area (Å²) in [6, 6.07) is 21.7. The molecule has 0 unspecified atom stereocenters. The van der Waals surface area contributed by atoms with E-state index in [1.54, 1.807) is 23.6 Å². The molecule has 0 spiro atoms. The molecule has 0 aliphatic carbocycles. The van der Waals surface area contributed by atoms with Crippen LogP contribution in [0.3, 0.4) is 0 Å². The van der Waals surface area contributed by atoms with Crippen molar-refractivity contribution in [1.82, 2.24) is 19.6 Å². The molecule has 4 aromatic rings. The fourth-order valence-corrected chi connectivity index (χ4v) is 3.29. The Bertz CT molecular complexity index is 1020. The summed E-state index contributed by atoms with van der Waals surface area (Å²) in [6.07, 6.45) is 3.72. The first-order valence-corrected chi connectivity index (χ1v) is 9.27. The van der Waals surface area contributed by atoms with Crippen LogP contribution in [0, 0.1) is 12.1 Å². The van der Waals surface area contributed by atoms with E-state index < -0.39 is 5.41 Å². The fraction of sp³-hybridized carbons (Fsp3) is 0.217. The number of aromatic nitrogens is 4. The maximum absolute atomic E-state index is 5.64. The Morgan fingerprint density at radius 1 is 0.767 bits per heavy atom. The topological polar surface area (TPSA) is 54.1 Å². The van der Waals surface area contributed by atoms with E-state index in [9.17, 15) is 0 Å². The summed E-state index contributed by atoms with van der Waals surface area (Å²) in [7, 11) is 3.29. The van der Waals surface area contributed by atoms with Crippen LogP contribution in [0.15, 0.2) is 60.9 Å². The zero-order valence-electron chi connectivity index (χ0n) is 17.2. The van der Waals surface area contributed by atoms with E-state index in [1.807, 2.05) is 60.9 Å². The molecule has 4 rings (SSSR count). The van der Waals surface area contributed by atoms with Gasteiger partial charge in [0.1, 0.15) is 11.4 Å². The Morgan fingerprint density at radius 2 is 1.20 bits per heavy atom. The van der Waals surface area contributed by atoms with Gasteiger partial charge in [-0.05, 0) is 25.2 Å². The van der Waals surface area contributed by atoms with Crippen molar-refractivity contribution in [3.8, 4) is 22.9 Å². The minimum atomic E-state index is -0.573. The largest absolute Gasteiger partial charge is 2.00 e. The maximum Gasteiger partial charge on any atom is 2.00 e. The monoisotopic (exact) mass is 581 g/mol. The number of hydrogen-bond acceptors (Lipinski definition) is 4. The minimum absolute atomic E-state index is 0. The minimum Gasteiger partial charge on any atom is -0.493 e. The number of methoxy groups -OCH3 is 2. The molecule has 0 atom stereocenters. The first-order chi connectivity index (χ1) is 14.0. The van der Waals surface area contributed by atoms with Crippen LogP contribution in [0.2, 0.25) is 0 Å². The molecular formula is C23H22N4O2Pt. The normalized spacial score (nSPS) is 11.1. The van der Waals surface area contributed by atoms with E-state index in [2.05, 4.69) is 26.0 Å². The van der Waals surface area contributed by atoms with Crippen LogP contribution in [0.5, 0.6) is 11.5 Å². The molecule has 2 heterocycles. The van der Waals surface area contributed by atoms with Crippen molar-refractivity contribution in [3.63, 3.8) is 0 Å². The standard InChI is InChI=1S/C23H22N4O2.Pt/c1-23(2,21-19(28-3)15-26(24-21)17-11-7-5-8-12-17)22-20(29-4)16-27(25-22)18-13-9-6-10-14-18;/h5-11,13,15-16H,1-4H3;/q-2;+2. The molecule has 0 saturated heterocycles. The van der Waals surface area contributed by atoms with Crippen molar-refractivity contribution >= 4 is 0 Å². The van der Waals surface area contributed by atoms with Crippen molar-refractivity contribution < 1.29 is 30.5 Å². The first-order valence-electron chi connectivity index (χ1n) is 9.27. The summed E-state index contributed by atoms with van der Waals surface area (Å²) in [6.45, 7) is 4.11. The molecule has 0 bridgehead atoms. The van der Waals surface area contributed by atoms with E-state index in [1.165, 1.54) is 0 Å². The van der Waals surface area contributed by atoms with Crippen LogP contribution < -0.4 is 9.47 Å². The summed E-state index contributed by atoms with van der Waals surface area (Å²) in [4.78, 5) is 0. The molecule has 2 aromatic heterocycles. The zero-order chi connectivity index (χ0) is 20.4. The van der Waals surface area contributed by atoms with Gasteiger partial charge in [0.2, 0.25) is 0 Å². The van der Waals surface area contributed by atoms with Crippen LogP contribution in [0.1, 0.15) is 25.2 Å². The number of benzene rings is 2. The molecule has 6 nitrogen and oxygen atoms in total. The van der Waals surface area contributed by atoms with Gasteiger partial charge in [-0.25, -0.2) is 0 Å². The van der Waals surface area contributed by atoms with Gasteiger partial charge < -0.3 is 9.47 Å². The molecule has 0 aliphatic heterocycles. The third-order valence-electron chi connectivity index (χ3n) is 4.86. The summed E-state index contributed by atoms with van der Waals surface area (Å²) in [5.41, 5.74) is 2.63. The van der Waals surface area contributed by atoms with Crippen molar-refractivity contribution in [2.75, 3.05) is 14.2 Å². The molecule has 0 aliphatic rings. The van der Waals surface area contributed by atoms with Gasteiger partial charge in [-0.2, -0.15) is 58.7 Å². The molecular weight excluding hydrogens is 559 g/mol. The second-order valence-corrected chi connectivity index (χ2v) is 7.10. The number of rotatable bonds is 6. The van der Waals surface area contributed by atoms with Crippen molar-refractivity contribution in [1.29, 1.82) is 0 Å². The van der Waals surface area contributed by atoms with Crippen LogP contribution >= 0.6 is 0 Å². The Labute approximate surface area is 190 Å². The van der Waals surface area contributed by atoms with Gasteiger partial charge in [0.15, 0.2) is 11.5 Å². The van der Waals surface area contributed by atoms with E-state index in [-0.39, 0.29) is 21.1 Å². The van der Waals surface area contributed by atoms with E-state index in [4.69, 9.17) is 19.7 Å². The predicted octanol–water partition coefficient (Wildman–Crippen LogP) is 4.00. The molecule has 7 heteroatoms. The molecule has 2 aromatic carbocycles. The SMILES string of the molecule is COc1cn(-c2[c-]cccc2)nc1C(C)(C)c1nn(-c2[c-]cccc2)cc1OC.[Pt+2]. The van der Waals surface area contributed by atoms with E-state index in [0.29, 0.717) is 11.5 Å². The molecule has 0 amide bonds. The molecule has 156 valence electrons. The average molecular weight is 582 g/mol. The van der Waals surface area contributed by atoms with Gasteiger partial charge in [0.25, 0.3) is 0 Å². The maximum atomic E-state index is 5.64. The second kappa shape index (κ2) is 8.88. The van der Waals surface area contributed by atoms with Crippen molar-refractivity contribution in [2.24, 2.45) is 0 Å². The molecule has 0 radical (unpaired) electrons. The molecule has 0 N–H and O–H groups in total. The van der Waals surface area contributed by atoms with Gasteiger partial charge >= 0.3 is 21.1 Å². The van der Waals surface area contributed by atoms with E-state index in [0.717, 1.165) is 22.8 Å². The summed E-state index contributed by atoms with van der Waals surface area (Å²) in [5.74, 6) is 1.35. The summed E-state index contributed by atoms with van der Waals surface area (Å²) in [5, 5.41) is 9.61. The summed E-state index contributed by atoms with van der Waals surface area (Å²) < 4.78 is 14.8. The number of ether oxygens (including phenoxy) is 2. The van der Waals surface area contributed by atoms with Gasteiger partial charge in [0.05, 0.1) is 32.0 Å². The molecule has 0 saturated carbocycles. The Kier molecular flexibility index (Phi) is 6.47. The van der Waals surface area contributed by atoms with E-state index >= 15 is 0 Å². The van der Waals surface area contributed by atoms with Crippen LogP contribution in [0.4, 0.5) is 0 Å².